The van der Waals surface area contributed by atoms with Crippen molar-refractivity contribution in [2.75, 3.05) is 6.61 Å². The molecule has 0 aromatic carbocycles. The first-order chi connectivity index (χ1) is 29.0. The zero-order valence-corrected chi connectivity index (χ0v) is 38.9. The second-order valence-electron chi connectivity index (χ2n) is 16.9. The second-order valence-corrected chi connectivity index (χ2v) is 16.9. The van der Waals surface area contributed by atoms with Gasteiger partial charge < -0.3 is 20.3 Å². The number of hydrogen-bond donors (Lipinski definition) is 3. The van der Waals surface area contributed by atoms with E-state index in [0.29, 0.717) is 19.3 Å². The molecule has 1 amide bonds. The van der Waals surface area contributed by atoms with Gasteiger partial charge in [-0.2, -0.15) is 0 Å². The van der Waals surface area contributed by atoms with E-state index < -0.39 is 18.2 Å². The van der Waals surface area contributed by atoms with E-state index in [0.717, 1.165) is 103 Å². The third-order valence-corrected chi connectivity index (χ3v) is 11.2. The minimum absolute atomic E-state index is 0.0549. The van der Waals surface area contributed by atoms with Gasteiger partial charge in [-0.3, -0.25) is 9.59 Å². The van der Waals surface area contributed by atoms with Gasteiger partial charge in [-0.05, 0) is 64.2 Å². The molecule has 0 saturated carbocycles. The number of amides is 1. The van der Waals surface area contributed by atoms with Gasteiger partial charge in [-0.25, -0.2) is 0 Å². The molecule has 3 N–H and O–H groups in total. The van der Waals surface area contributed by atoms with Gasteiger partial charge in [0.25, 0.3) is 0 Å². The Morgan fingerprint density at radius 2 is 0.966 bits per heavy atom. The first kappa shape index (κ1) is 56.6. The van der Waals surface area contributed by atoms with E-state index in [1.807, 2.05) is 18.2 Å². The highest BCUT2D eigenvalue weighted by atomic mass is 16.5. The summed E-state index contributed by atoms with van der Waals surface area (Å²) >= 11 is 0. The predicted molar refractivity (Wildman–Crippen MR) is 255 cm³/mol. The Bertz CT molecular complexity index is 1060. The smallest absolute Gasteiger partial charge is 0.306 e. The normalized spacial score (nSPS) is 13.8. The number of hydrogen-bond acceptors (Lipinski definition) is 5. The van der Waals surface area contributed by atoms with Crippen LogP contribution in [0.3, 0.4) is 0 Å². The van der Waals surface area contributed by atoms with Crippen LogP contribution in [0.2, 0.25) is 0 Å². The van der Waals surface area contributed by atoms with Gasteiger partial charge in [0, 0.05) is 6.42 Å². The van der Waals surface area contributed by atoms with Crippen LogP contribution in [0.4, 0.5) is 0 Å². The number of esters is 1. The highest BCUT2D eigenvalue weighted by molar-refractivity contribution is 5.77. The van der Waals surface area contributed by atoms with E-state index in [2.05, 4.69) is 68.6 Å². The Labute approximate surface area is 365 Å². The van der Waals surface area contributed by atoms with Crippen molar-refractivity contribution in [2.24, 2.45) is 0 Å². The summed E-state index contributed by atoms with van der Waals surface area (Å²) in [4.78, 5) is 26.0. The van der Waals surface area contributed by atoms with Crippen LogP contribution in [0.25, 0.3) is 0 Å². The molecule has 0 rings (SSSR count). The fraction of sp³-hybridized carbons (Fsp3) is 0.774. The molecule has 0 heterocycles. The third-order valence-electron chi connectivity index (χ3n) is 11.2. The molecule has 0 saturated heterocycles. The predicted octanol–water partition coefficient (Wildman–Crippen LogP) is 14.8. The van der Waals surface area contributed by atoms with E-state index in [1.54, 1.807) is 0 Å². The van der Waals surface area contributed by atoms with E-state index in [-0.39, 0.29) is 24.9 Å². The van der Waals surface area contributed by atoms with E-state index >= 15 is 0 Å². The van der Waals surface area contributed by atoms with Crippen LogP contribution in [-0.4, -0.2) is 46.9 Å². The second kappa shape index (κ2) is 46.6. The number of rotatable bonds is 44. The van der Waals surface area contributed by atoms with E-state index in [4.69, 9.17) is 4.74 Å². The molecule has 0 bridgehead atoms. The first-order valence-corrected chi connectivity index (χ1v) is 25.1. The summed E-state index contributed by atoms with van der Waals surface area (Å²) in [6, 6.07) is -0.711. The zero-order valence-electron chi connectivity index (χ0n) is 38.9. The maximum absolute atomic E-state index is 13.1. The molecular formula is C53H95NO5. The fourth-order valence-corrected chi connectivity index (χ4v) is 7.38. The molecule has 0 aliphatic carbocycles. The molecule has 342 valence electrons. The maximum Gasteiger partial charge on any atom is 0.306 e. The minimum atomic E-state index is -0.796. The highest BCUT2D eigenvalue weighted by Gasteiger charge is 2.24. The minimum Gasteiger partial charge on any atom is -0.462 e. The van der Waals surface area contributed by atoms with Crippen LogP contribution >= 0.6 is 0 Å². The molecule has 6 heteroatoms. The lowest BCUT2D eigenvalue weighted by atomic mass is 10.0. The Morgan fingerprint density at radius 1 is 0.508 bits per heavy atom. The number of carbonyl (C=O) groups is 2. The highest BCUT2D eigenvalue weighted by Crippen LogP contribution is 2.17. The summed E-state index contributed by atoms with van der Waals surface area (Å²) in [5.74, 6) is -0.521. The summed E-state index contributed by atoms with van der Waals surface area (Å²) in [6.45, 7) is 6.27. The first-order valence-electron chi connectivity index (χ1n) is 25.1. The summed E-state index contributed by atoms with van der Waals surface area (Å²) in [6.07, 6.45) is 57.2. The van der Waals surface area contributed by atoms with Crippen LogP contribution in [0.5, 0.6) is 0 Å². The van der Waals surface area contributed by atoms with Crippen LogP contribution in [0, 0.1) is 0 Å². The number of nitrogens with one attached hydrogen (secondary N) is 1. The fourth-order valence-electron chi connectivity index (χ4n) is 7.38. The number of carbonyl (C=O) groups excluding carboxylic acids is 2. The van der Waals surface area contributed by atoms with Crippen LogP contribution in [-0.2, 0) is 14.3 Å². The quantitative estimate of drug-likeness (QED) is 0.0246. The number of aliphatic hydroxyl groups excluding tert-OH is 2. The molecule has 0 aliphatic heterocycles. The topological polar surface area (TPSA) is 95.9 Å². The molecule has 59 heavy (non-hydrogen) atoms. The van der Waals surface area contributed by atoms with Crippen molar-refractivity contribution in [2.45, 2.75) is 257 Å². The molecule has 0 aromatic heterocycles. The van der Waals surface area contributed by atoms with Crippen molar-refractivity contribution in [3.63, 3.8) is 0 Å². The van der Waals surface area contributed by atoms with Crippen LogP contribution < -0.4 is 5.32 Å². The number of ether oxygens (including phenoxy) is 1. The summed E-state index contributed by atoms with van der Waals surface area (Å²) in [5.41, 5.74) is 0. The monoisotopic (exact) mass is 826 g/mol. The lowest BCUT2D eigenvalue weighted by Gasteiger charge is -2.24. The Balaban J connectivity index is 4.43. The van der Waals surface area contributed by atoms with E-state index in [9.17, 15) is 19.8 Å². The van der Waals surface area contributed by atoms with Gasteiger partial charge in [0.05, 0.1) is 25.2 Å². The maximum atomic E-state index is 13.1. The summed E-state index contributed by atoms with van der Waals surface area (Å²) < 4.78 is 5.88. The molecule has 3 unspecified atom stereocenters. The molecule has 0 aromatic rings. The van der Waals surface area contributed by atoms with Gasteiger partial charge in [0.15, 0.2) is 0 Å². The van der Waals surface area contributed by atoms with Gasteiger partial charge in [-0.1, -0.05) is 223 Å². The lowest BCUT2D eigenvalue weighted by molar-refractivity contribution is -0.151. The molecule has 6 nitrogen and oxygen atoms in total. The molecule has 3 atom stereocenters. The molecule has 0 fully saturated rings. The average molecular weight is 826 g/mol. The summed E-state index contributed by atoms with van der Waals surface area (Å²) in [7, 11) is 0. The Morgan fingerprint density at radius 3 is 1.53 bits per heavy atom. The van der Waals surface area contributed by atoms with Crippen molar-refractivity contribution < 1.29 is 24.5 Å². The van der Waals surface area contributed by atoms with Gasteiger partial charge in [-0.15, -0.1) is 0 Å². The van der Waals surface area contributed by atoms with Crippen molar-refractivity contribution in [3.05, 3.63) is 60.8 Å². The average Bonchev–Trinajstić information content (AvgIpc) is 3.23. The van der Waals surface area contributed by atoms with Gasteiger partial charge in [0.2, 0.25) is 5.91 Å². The van der Waals surface area contributed by atoms with Crippen LogP contribution in [0.1, 0.15) is 239 Å². The van der Waals surface area contributed by atoms with E-state index in [1.165, 1.54) is 89.9 Å². The number of aliphatic hydroxyl groups is 2. The van der Waals surface area contributed by atoms with Gasteiger partial charge in [0.1, 0.15) is 6.10 Å². The summed E-state index contributed by atoms with van der Waals surface area (Å²) in [5, 5.41) is 23.7. The van der Waals surface area contributed by atoms with Crippen molar-refractivity contribution >= 4 is 11.9 Å². The molecule has 0 aliphatic rings. The van der Waals surface area contributed by atoms with Gasteiger partial charge >= 0.3 is 5.97 Å². The molecule has 0 radical (unpaired) electrons. The van der Waals surface area contributed by atoms with Crippen molar-refractivity contribution in [1.29, 1.82) is 0 Å². The molecular weight excluding hydrogens is 731 g/mol. The van der Waals surface area contributed by atoms with Crippen molar-refractivity contribution in [1.82, 2.24) is 5.32 Å². The number of unbranched alkanes of at least 4 members (excludes halogenated alkanes) is 25. The molecule has 0 spiro atoms. The Kier molecular flexibility index (Phi) is 44.7. The third kappa shape index (κ3) is 42.1. The standard InChI is InChI=1S/C53H95NO5/c1-4-7-10-13-16-19-21-23-25-26-28-29-31-33-36-39-42-45-51(56)50(48-55)54-52(57)47-49(44-41-38-35-18-15-12-9-6-3)59-53(58)46-43-40-37-34-32-30-27-24-22-20-17-14-11-8-5-2/h8,11-12,14-15,17,20,22,24,27,49-51,55-56H,4-7,9-10,13,16,18-19,21,23,25-26,28-48H2,1-3H3,(H,54,57)/b11-8+,15-12-,17-14+,22-20+,27-24-. The largest absolute Gasteiger partial charge is 0.462 e. The lowest BCUT2D eigenvalue weighted by Crippen LogP contribution is -2.46. The van der Waals surface area contributed by atoms with Crippen molar-refractivity contribution in [3.8, 4) is 0 Å². The Hall–Kier alpha value is -2.44. The number of allylic oxidation sites excluding steroid dienone is 10. The SMILES string of the molecule is CC/C=C/C=C/C=C/C=C\CCCCCCCC(=O)OC(CCCCC/C=C\CCC)CC(=O)NC(CO)C(O)CCCCCCCCCCCCCCCCCCC. The zero-order chi connectivity index (χ0) is 43.1. The van der Waals surface area contributed by atoms with Crippen LogP contribution in [0.15, 0.2) is 60.8 Å².